The summed E-state index contributed by atoms with van der Waals surface area (Å²) < 4.78 is 39.9. The van der Waals surface area contributed by atoms with Crippen molar-refractivity contribution in [3.63, 3.8) is 0 Å². The van der Waals surface area contributed by atoms with Crippen LogP contribution in [-0.2, 0) is 4.74 Å². The molecule has 1 fully saturated rings. The Labute approximate surface area is 103 Å². The maximum Gasteiger partial charge on any atom is 0.411 e. The van der Waals surface area contributed by atoms with Crippen LogP contribution in [0.15, 0.2) is 5.16 Å². The van der Waals surface area contributed by atoms with Crippen LogP contribution in [0.5, 0.6) is 0 Å². The van der Waals surface area contributed by atoms with Gasteiger partial charge in [0.15, 0.2) is 5.84 Å². The van der Waals surface area contributed by atoms with Gasteiger partial charge in [0.2, 0.25) is 0 Å². The fourth-order valence-electron chi connectivity index (χ4n) is 2.05. The predicted molar refractivity (Wildman–Crippen MR) is 59.5 cm³/mol. The highest BCUT2D eigenvalue weighted by atomic mass is 19.4. The second-order valence-electron chi connectivity index (χ2n) is 4.24. The van der Waals surface area contributed by atoms with Gasteiger partial charge in [-0.15, -0.1) is 0 Å². The molecule has 1 aliphatic rings. The number of nitrogens with two attached hydrogens (primary N) is 1. The summed E-state index contributed by atoms with van der Waals surface area (Å²) in [5, 5.41) is 11.6. The van der Waals surface area contributed by atoms with Crippen molar-refractivity contribution in [1.82, 2.24) is 4.90 Å². The molecule has 1 saturated heterocycles. The molecule has 0 saturated carbocycles. The van der Waals surface area contributed by atoms with Crippen molar-refractivity contribution in [2.45, 2.75) is 31.5 Å². The van der Waals surface area contributed by atoms with Gasteiger partial charge in [0.05, 0.1) is 6.04 Å². The summed E-state index contributed by atoms with van der Waals surface area (Å²) in [7, 11) is 0. The van der Waals surface area contributed by atoms with Crippen molar-refractivity contribution in [3.05, 3.63) is 0 Å². The average Bonchev–Trinajstić information content (AvgIpc) is 2.74. The van der Waals surface area contributed by atoms with Gasteiger partial charge in [-0.2, -0.15) is 13.2 Å². The molecule has 1 rings (SSSR count). The topological polar surface area (TPSA) is 71.1 Å². The third-order valence-electron chi connectivity index (χ3n) is 2.82. The Morgan fingerprint density at radius 1 is 1.50 bits per heavy atom. The number of nitrogens with zero attached hydrogens (tertiary/aromatic N) is 2. The van der Waals surface area contributed by atoms with Crippen LogP contribution < -0.4 is 5.73 Å². The summed E-state index contributed by atoms with van der Waals surface area (Å²) in [6, 6.07) is -0.113. The second kappa shape index (κ2) is 6.79. The zero-order chi connectivity index (χ0) is 13.6. The second-order valence-corrected chi connectivity index (χ2v) is 4.24. The maximum atomic E-state index is 11.8. The number of likely N-dealkylation sites (tertiary alicyclic amines) is 1. The van der Waals surface area contributed by atoms with E-state index in [1.54, 1.807) is 0 Å². The van der Waals surface area contributed by atoms with E-state index in [2.05, 4.69) is 9.89 Å². The van der Waals surface area contributed by atoms with Crippen molar-refractivity contribution in [2.24, 2.45) is 10.9 Å². The molecule has 106 valence electrons. The van der Waals surface area contributed by atoms with E-state index in [0.29, 0.717) is 13.0 Å². The third-order valence-corrected chi connectivity index (χ3v) is 2.82. The van der Waals surface area contributed by atoms with Gasteiger partial charge >= 0.3 is 6.18 Å². The molecule has 0 aliphatic carbocycles. The van der Waals surface area contributed by atoms with Crippen LogP contribution in [0.1, 0.15) is 19.3 Å². The molecule has 0 amide bonds. The summed E-state index contributed by atoms with van der Waals surface area (Å²) in [4.78, 5) is 1.99. The van der Waals surface area contributed by atoms with Crippen molar-refractivity contribution in [2.75, 3.05) is 26.3 Å². The first kappa shape index (κ1) is 15.0. The standard InChI is InChI=1S/C10H18F3N3O2/c11-10(12,13)7-18-6-2-5-16-4-1-3-8(16)9(14)15-17/h8,17H,1-7H2,(H2,14,15). The van der Waals surface area contributed by atoms with Gasteiger partial charge < -0.3 is 15.7 Å². The fourth-order valence-corrected chi connectivity index (χ4v) is 2.05. The minimum Gasteiger partial charge on any atom is -0.409 e. The van der Waals surface area contributed by atoms with E-state index < -0.39 is 12.8 Å². The van der Waals surface area contributed by atoms with Gasteiger partial charge in [-0.1, -0.05) is 5.16 Å². The van der Waals surface area contributed by atoms with E-state index >= 15 is 0 Å². The summed E-state index contributed by atoms with van der Waals surface area (Å²) in [5.74, 6) is 0.156. The highest BCUT2D eigenvalue weighted by molar-refractivity contribution is 5.85. The molecule has 1 heterocycles. The van der Waals surface area contributed by atoms with Crippen LogP contribution in [0.4, 0.5) is 13.2 Å². The highest BCUT2D eigenvalue weighted by Crippen LogP contribution is 2.18. The maximum absolute atomic E-state index is 11.8. The lowest BCUT2D eigenvalue weighted by Gasteiger charge is -2.23. The Bertz CT molecular complexity index is 284. The molecule has 0 aromatic rings. The Kier molecular flexibility index (Phi) is 5.67. The largest absolute Gasteiger partial charge is 0.411 e. The highest BCUT2D eigenvalue weighted by Gasteiger charge is 2.28. The van der Waals surface area contributed by atoms with Crippen molar-refractivity contribution >= 4 is 5.84 Å². The number of alkyl halides is 3. The Morgan fingerprint density at radius 2 is 2.22 bits per heavy atom. The molecule has 5 nitrogen and oxygen atoms in total. The molecule has 1 atom stereocenters. The normalized spacial score (nSPS) is 22.6. The molecule has 8 heteroatoms. The lowest BCUT2D eigenvalue weighted by atomic mass is 10.2. The summed E-state index contributed by atoms with van der Waals surface area (Å²) >= 11 is 0. The van der Waals surface area contributed by atoms with E-state index in [0.717, 1.165) is 19.4 Å². The first-order chi connectivity index (χ1) is 8.44. The molecule has 0 radical (unpaired) electrons. The summed E-state index contributed by atoms with van der Waals surface area (Å²) in [5.41, 5.74) is 5.53. The molecule has 1 unspecified atom stereocenters. The van der Waals surface area contributed by atoms with Gasteiger partial charge in [0, 0.05) is 13.2 Å². The zero-order valence-electron chi connectivity index (χ0n) is 9.99. The number of oxime groups is 1. The Hall–Kier alpha value is -1.02. The zero-order valence-corrected chi connectivity index (χ0v) is 9.99. The van der Waals surface area contributed by atoms with Crippen LogP contribution in [0, 0.1) is 0 Å². The van der Waals surface area contributed by atoms with Gasteiger partial charge in [-0.25, -0.2) is 0 Å². The Balaban J connectivity index is 2.19. The number of hydrogen-bond acceptors (Lipinski definition) is 4. The SMILES string of the molecule is NC(=NO)C1CCCN1CCCOCC(F)(F)F. The molecule has 0 aromatic heterocycles. The number of amidine groups is 1. The predicted octanol–water partition coefficient (Wildman–Crippen LogP) is 1.17. The van der Waals surface area contributed by atoms with E-state index in [1.165, 1.54) is 0 Å². The molecular weight excluding hydrogens is 251 g/mol. The van der Waals surface area contributed by atoms with Crippen LogP contribution >= 0.6 is 0 Å². The molecule has 0 bridgehead atoms. The smallest absolute Gasteiger partial charge is 0.409 e. The van der Waals surface area contributed by atoms with Gasteiger partial charge in [0.1, 0.15) is 6.61 Å². The molecular formula is C10H18F3N3O2. The van der Waals surface area contributed by atoms with E-state index in [1.807, 2.05) is 4.90 Å². The summed E-state index contributed by atoms with van der Waals surface area (Å²) in [6.45, 7) is 0.231. The van der Waals surface area contributed by atoms with Crippen LogP contribution in [0.2, 0.25) is 0 Å². The number of halogens is 3. The molecule has 0 spiro atoms. The van der Waals surface area contributed by atoms with E-state index in [4.69, 9.17) is 10.9 Å². The van der Waals surface area contributed by atoms with Crippen LogP contribution in [-0.4, -0.2) is 54.5 Å². The monoisotopic (exact) mass is 269 g/mol. The third kappa shape index (κ3) is 5.09. The van der Waals surface area contributed by atoms with Gasteiger partial charge in [0.25, 0.3) is 0 Å². The average molecular weight is 269 g/mol. The quantitative estimate of drug-likeness (QED) is 0.250. The number of ether oxygens (including phenoxy) is 1. The number of hydrogen-bond donors (Lipinski definition) is 2. The molecule has 0 aromatic carbocycles. The van der Waals surface area contributed by atoms with Crippen LogP contribution in [0.25, 0.3) is 0 Å². The number of rotatable bonds is 6. The first-order valence-electron chi connectivity index (χ1n) is 5.80. The lowest BCUT2D eigenvalue weighted by molar-refractivity contribution is -0.174. The van der Waals surface area contributed by atoms with Crippen LogP contribution in [0.3, 0.4) is 0 Å². The molecule has 1 aliphatic heterocycles. The van der Waals surface area contributed by atoms with Crippen molar-refractivity contribution in [1.29, 1.82) is 0 Å². The van der Waals surface area contributed by atoms with Gasteiger partial charge in [-0.05, 0) is 25.8 Å². The minimum atomic E-state index is -4.27. The minimum absolute atomic E-state index is 0.0545. The molecule has 3 N–H and O–H groups in total. The molecule has 18 heavy (non-hydrogen) atoms. The van der Waals surface area contributed by atoms with Crippen molar-refractivity contribution in [3.8, 4) is 0 Å². The summed E-state index contributed by atoms with van der Waals surface area (Å²) in [6.07, 6.45) is -2.04. The van der Waals surface area contributed by atoms with E-state index in [9.17, 15) is 13.2 Å². The first-order valence-corrected chi connectivity index (χ1v) is 5.80. The van der Waals surface area contributed by atoms with Gasteiger partial charge in [-0.3, -0.25) is 4.90 Å². The fraction of sp³-hybridized carbons (Fsp3) is 0.900. The Morgan fingerprint density at radius 3 is 2.83 bits per heavy atom. The van der Waals surface area contributed by atoms with Crippen molar-refractivity contribution < 1.29 is 23.1 Å². The lowest BCUT2D eigenvalue weighted by Crippen LogP contribution is -2.41. The van der Waals surface area contributed by atoms with E-state index in [-0.39, 0.29) is 18.5 Å².